The first-order valence-corrected chi connectivity index (χ1v) is 14.2. The number of aliphatic carboxylic acids is 1. The zero-order valence-electron chi connectivity index (χ0n) is 21.8. The van der Waals surface area contributed by atoms with E-state index in [9.17, 15) is 15.0 Å². The molecule has 0 bridgehead atoms. The summed E-state index contributed by atoms with van der Waals surface area (Å²) in [5.74, 6) is 1.78. The van der Waals surface area contributed by atoms with Gasteiger partial charge in [-0.25, -0.2) is 0 Å². The fraction of sp³-hybridized carbons (Fsp3) is 0.467. The molecule has 37 heavy (non-hydrogen) atoms. The third-order valence-corrected chi connectivity index (χ3v) is 8.55. The van der Waals surface area contributed by atoms with E-state index >= 15 is 0 Å². The number of aliphatic hydroxyl groups excluding tert-OH is 1. The second-order valence-corrected chi connectivity index (χ2v) is 11.2. The van der Waals surface area contributed by atoms with Crippen LogP contribution >= 0.6 is 11.8 Å². The number of carbonyl (C=O) groups is 1. The summed E-state index contributed by atoms with van der Waals surface area (Å²) < 4.78 is 5.38. The molecule has 1 aromatic heterocycles. The number of rotatable bonds is 12. The third kappa shape index (κ3) is 7.69. The molecule has 2 aromatic carbocycles. The first kappa shape index (κ1) is 27.4. The Labute approximate surface area is 224 Å². The van der Waals surface area contributed by atoms with Crippen LogP contribution in [0.1, 0.15) is 49.3 Å². The lowest BCUT2D eigenvalue weighted by molar-refractivity contribution is -0.137. The number of thioether (sulfide) groups is 1. The number of aromatic nitrogens is 1. The second kappa shape index (κ2) is 13.3. The number of pyridine rings is 1. The van der Waals surface area contributed by atoms with Gasteiger partial charge in [0.05, 0.1) is 18.7 Å². The SMILES string of the molecule is COc1ccc2nccc([C@@H](O)CCC3CCN(CCSc4ccc(C)cc4)CC3CCC(=O)O)c2c1. The van der Waals surface area contributed by atoms with E-state index in [4.69, 9.17) is 4.74 Å². The second-order valence-electron chi connectivity index (χ2n) is 10.1. The topological polar surface area (TPSA) is 82.9 Å². The van der Waals surface area contributed by atoms with Crippen LogP contribution in [0.4, 0.5) is 0 Å². The van der Waals surface area contributed by atoms with Crippen molar-refractivity contribution in [1.29, 1.82) is 0 Å². The van der Waals surface area contributed by atoms with Crippen LogP contribution in [0.25, 0.3) is 10.9 Å². The highest BCUT2D eigenvalue weighted by Gasteiger charge is 2.30. The van der Waals surface area contributed by atoms with Gasteiger partial charge in [-0.1, -0.05) is 17.7 Å². The predicted molar refractivity (Wildman–Crippen MR) is 149 cm³/mol. The zero-order chi connectivity index (χ0) is 26.2. The highest BCUT2D eigenvalue weighted by atomic mass is 32.2. The van der Waals surface area contributed by atoms with Gasteiger partial charge in [0, 0.05) is 41.7 Å². The molecule has 1 aliphatic heterocycles. The molecule has 198 valence electrons. The fourth-order valence-corrected chi connectivity index (χ4v) is 6.31. The van der Waals surface area contributed by atoms with Crippen molar-refractivity contribution in [3.63, 3.8) is 0 Å². The number of piperidine rings is 1. The number of aliphatic hydroxyl groups is 1. The van der Waals surface area contributed by atoms with Gasteiger partial charge in [0.2, 0.25) is 0 Å². The molecule has 6 nitrogen and oxygen atoms in total. The van der Waals surface area contributed by atoms with Crippen LogP contribution in [0.3, 0.4) is 0 Å². The minimum absolute atomic E-state index is 0.199. The predicted octanol–water partition coefficient (Wildman–Crippen LogP) is 5.96. The van der Waals surface area contributed by atoms with E-state index in [-0.39, 0.29) is 6.42 Å². The largest absolute Gasteiger partial charge is 0.497 e. The number of hydrogen-bond acceptors (Lipinski definition) is 6. The highest BCUT2D eigenvalue weighted by molar-refractivity contribution is 7.99. The highest BCUT2D eigenvalue weighted by Crippen LogP contribution is 2.35. The number of carboxylic acids is 1. The maximum atomic E-state index is 11.3. The van der Waals surface area contributed by atoms with Crippen molar-refractivity contribution in [1.82, 2.24) is 9.88 Å². The number of fused-ring (bicyclic) bond motifs is 1. The Balaban J connectivity index is 1.34. The number of methoxy groups -OCH3 is 1. The number of likely N-dealkylation sites (tertiary alicyclic amines) is 1. The molecule has 4 rings (SSSR count). The number of ether oxygens (including phenoxy) is 1. The van der Waals surface area contributed by atoms with Crippen LogP contribution in [0.2, 0.25) is 0 Å². The van der Waals surface area contributed by atoms with Crippen LogP contribution in [0.15, 0.2) is 59.6 Å². The maximum absolute atomic E-state index is 11.3. The van der Waals surface area contributed by atoms with E-state index < -0.39 is 12.1 Å². The summed E-state index contributed by atoms with van der Waals surface area (Å²) in [4.78, 5) is 19.5. The lowest BCUT2D eigenvalue weighted by Gasteiger charge is -2.39. The Morgan fingerprint density at radius 3 is 2.73 bits per heavy atom. The normalized spacial score (nSPS) is 19.1. The quantitative estimate of drug-likeness (QED) is 0.284. The van der Waals surface area contributed by atoms with E-state index in [2.05, 4.69) is 41.1 Å². The molecule has 2 N–H and O–H groups in total. The number of carboxylic acid groups (broad SMARTS) is 1. The maximum Gasteiger partial charge on any atom is 0.303 e. The van der Waals surface area contributed by atoms with Crippen LogP contribution in [-0.2, 0) is 4.79 Å². The Hall–Kier alpha value is -2.61. The standard InChI is InChI=1S/C30H38N2O4S/c1-21-3-8-25(9-4-21)37-18-17-32-16-14-22(23(20-32)6-12-30(34)35)5-11-29(33)26-13-15-31-28-10-7-24(36-2)19-27(26)28/h3-4,7-10,13,15,19,22-23,29,33H,5-6,11-12,14,16-18,20H2,1-2H3,(H,34,35)/t22?,23?,29-/m0/s1. The summed E-state index contributed by atoms with van der Waals surface area (Å²) in [6.45, 7) is 5.06. The minimum Gasteiger partial charge on any atom is -0.497 e. The first-order valence-electron chi connectivity index (χ1n) is 13.2. The van der Waals surface area contributed by atoms with E-state index in [1.54, 1.807) is 13.3 Å². The number of hydrogen-bond donors (Lipinski definition) is 2. The smallest absolute Gasteiger partial charge is 0.303 e. The Kier molecular flexibility index (Phi) is 9.83. The van der Waals surface area contributed by atoms with Gasteiger partial charge in [-0.05, 0) is 92.9 Å². The molecule has 0 amide bonds. The van der Waals surface area contributed by atoms with Gasteiger partial charge < -0.3 is 19.8 Å². The molecule has 3 aromatic rings. The number of benzene rings is 2. The van der Waals surface area contributed by atoms with Gasteiger partial charge in [-0.2, -0.15) is 0 Å². The molecule has 1 fully saturated rings. The van der Waals surface area contributed by atoms with Gasteiger partial charge in [-0.3, -0.25) is 9.78 Å². The summed E-state index contributed by atoms with van der Waals surface area (Å²) in [6.07, 6.45) is 4.60. The van der Waals surface area contributed by atoms with Gasteiger partial charge in [0.1, 0.15) is 5.75 Å². The third-order valence-electron chi connectivity index (χ3n) is 7.55. The van der Waals surface area contributed by atoms with Gasteiger partial charge in [0.15, 0.2) is 0 Å². The lowest BCUT2D eigenvalue weighted by atomic mass is 9.79. The Morgan fingerprint density at radius 2 is 1.97 bits per heavy atom. The van der Waals surface area contributed by atoms with Gasteiger partial charge in [0.25, 0.3) is 0 Å². The molecule has 0 radical (unpaired) electrons. The van der Waals surface area contributed by atoms with E-state index in [1.165, 1.54) is 10.5 Å². The fourth-order valence-electron chi connectivity index (χ4n) is 5.39. The van der Waals surface area contributed by atoms with Gasteiger partial charge >= 0.3 is 5.97 Å². The van der Waals surface area contributed by atoms with Crippen molar-refractivity contribution in [2.24, 2.45) is 11.8 Å². The minimum atomic E-state index is -0.733. The van der Waals surface area contributed by atoms with E-state index in [0.29, 0.717) is 24.7 Å². The van der Waals surface area contributed by atoms with Crippen molar-refractivity contribution in [2.45, 2.75) is 50.0 Å². The summed E-state index contributed by atoms with van der Waals surface area (Å²) in [5, 5.41) is 21.4. The summed E-state index contributed by atoms with van der Waals surface area (Å²) in [6, 6.07) is 16.3. The molecule has 0 spiro atoms. The molecule has 1 saturated heterocycles. The molecule has 2 heterocycles. The number of nitrogens with zero attached hydrogens (tertiary/aromatic N) is 2. The summed E-state index contributed by atoms with van der Waals surface area (Å²) in [7, 11) is 1.64. The van der Waals surface area contributed by atoms with Crippen molar-refractivity contribution in [3.8, 4) is 5.75 Å². The first-order chi connectivity index (χ1) is 17.9. The van der Waals surface area contributed by atoms with Crippen molar-refractivity contribution in [2.75, 3.05) is 32.5 Å². The van der Waals surface area contributed by atoms with Crippen molar-refractivity contribution < 1.29 is 19.7 Å². The monoisotopic (exact) mass is 522 g/mol. The molecule has 0 aliphatic carbocycles. The summed E-state index contributed by atoms with van der Waals surface area (Å²) in [5.41, 5.74) is 2.99. The van der Waals surface area contributed by atoms with Crippen LogP contribution < -0.4 is 4.74 Å². The summed E-state index contributed by atoms with van der Waals surface area (Å²) >= 11 is 1.88. The molecule has 1 aliphatic rings. The van der Waals surface area contributed by atoms with E-state index in [0.717, 1.165) is 60.4 Å². The average molecular weight is 523 g/mol. The van der Waals surface area contributed by atoms with Crippen LogP contribution in [0.5, 0.6) is 5.75 Å². The molecule has 3 atom stereocenters. The van der Waals surface area contributed by atoms with Crippen LogP contribution in [0, 0.1) is 18.8 Å². The lowest BCUT2D eigenvalue weighted by Crippen LogP contribution is -2.41. The average Bonchev–Trinajstić information content (AvgIpc) is 2.91. The molecule has 2 unspecified atom stereocenters. The number of aryl methyl sites for hydroxylation is 1. The molecular weight excluding hydrogens is 484 g/mol. The molecule has 0 saturated carbocycles. The molecular formula is C30H38N2O4S. The van der Waals surface area contributed by atoms with Gasteiger partial charge in [-0.15, -0.1) is 11.8 Å². The Morgan fingerprint density at radius 1 is 1.16 bits per heavy atom. The molecule has 7 heteroatoms. The van der Waals surface area contributed by atoms with Crippen LogP contribution in [-0.4, -0.2) is 58.6 Å². The van der Waals surface area contributed by atoms with Crippen molar-refractivity contribution in [3.05, 3.63) is 65.9 Å². The van der Waals surface area contributed by atoms with E-state index in [1.807, 2.05) is 36.0 Å². The van der Waals surface area contributed by atoms with Crippen molar-refractivity contribution >= 4 is 28.6 Å². The Bertz CT molecular complexity index is 1170. The zero-order valence-corrected chi connectivity index (χ0v) is 22.6.